The van der Waals surface area contributed by atoms with Crippen LogP contribution in [0.4, 0.5) is 5.69 Å². The molecular weight excluding hydrogens is 346 g/mol. The first-order valence-electron chi connectivity index (χ1n) is 8.28. The Balaban J connectivity index is 1.66. The fourth-order valence-corrected chi connectivity index (χ4v) is 3.93. The minimum Gasteiger partial charge on any atom is -0.338 e. The van der Waals surface area contributed by atoms with Gasteiger partial charge in [0.25, 0.3) is 11.8 Å². The minimum atomic E-state index is -0.679. The molecule has 130 valence electrons. The Bertz CT molecular complexity index is 897. The molecule has 2 amide bonds. The van der Waals surface area contributed by atoms with Crippen LogP contribution in [0, 0.1) is 0 Å². The van der Waals surface area contributed by atoms with Crippen molar-refractivity contribution < 1.29 is 9.59 Å². The van der Waals surface area contributed by atoms with Crippen molar-refractivity contribution in [3.8, 4) is 0 Å². The molecule has 1 fully saturated rings. The molecule has 0 spiro atoms. The molecular formula is C20H17N3O2S. The molecule has 0 bridgehead atoms. The van der Waals surface area contributed by atoms with E-state index >= 15 is 0 Å². The highest BCUT2D eigenvalue weighted by molar-refractivity contribution is 7.10. The summed E-state index contributed by atoms with van der Waals surface area (Å²) in [4.78, 5) is 26.3. The van der Waals surface area contributed by atoms with Crippen LogP contribution in [0.15, 0.2) is 78.2 Å². The van der Waals surface area contributed by atoms with Gasteiger partial charge in [-0.1, -0.05) is 42.5 Å². The van der Waals surface area contributed by atoms with Gasteiger partial charge in [-0.05, 0) is 35.7 Å². The molecule has 5 nitrogen and oxygen atoms in total. The molecule has 3 aromatic rings. The number of carbonyl (C=O) groups excluding carboxylic acids is 2. The topological polar surface area (TPSA) is 61.4 Å². The molecule has 2 heterocycles. The van der Waals surface area contributed by atoms with Crippen LogP contribution in [0.1, 0.15) is 21.3 Å². The number of rotatable bonds is 4. The molecule has 2 unspecified atom stereocenters. The number of para-hydroxylation sites is 1. The molecule has 4 rings (SSSR count). The highest BCUT2D eigenvalue weighted by atomic mass is 32.1. The van der Waals surface area contributed by atoms with Crippen molar-refractivity contribution >= 4 is 28.8 Å². The molecule has 26 heavy (non-hydrogen) atoms. The predicted octanol–water partition coefficient (Wildman–Crippen LogP) is 3.14. The monoisotopic (exact) mass is 363 g/mol. The lowest BCUT2D eigenvalue weighted by Crippen LogP contribution is -2.42. The average Bonchev–Trinajstić information content (AvgIpc) is 3.32. The second kappa shape index (κ2) is 7.01. The molecule has 0 radical (unpaired) electrons. The van der Waals surface area contributed by atoms with Gasteiger partial charge in [0.2, 0.25) is 0 Å². The quantitative estimate of drug-likeness (QED) is 0.749. The Morgan fingerprint density at radius 3 is 2.31 bits per heavy atom. The van der Waals surface area contributed by atoms with E-state index in [0.717, 1.165) is 10.6 Å². The third-order valence-electron chi connectivity index (χ3n) is 4.30. The summed E-state index contributed by atoms with van der Waals surface area (Å²) < 4.78 is 0. The molecule has 1 aromatic heterocycles. The Labute approximate surface area is 155 Å². The van der Waals surface area contributed by atoms with Crippen molar-refractivity contribution in [1.29, 1.82) is 0 Å². The number of thiophene rings is 1. The van der Waals surface area contributed by atoms with Crippen LogP contribution in [0.2, 0.25) is 0 Å². The van der Waals surface area contributed by atoms with E-state index in [9.17, 15) is 9.59 Å². The van der Waals surface area contributed by atoms with Crippen LogP contribution < -0.4 is 15.8 Å². The zero-order valence-electron chi connectivity index (χ0n) is 13.8. The van der Waals surface area contributed by atoms with Crippen LogP contribution in [0.5, 0.6) is 0 Å². The van der Waals surface area contributed by atoms with Gasteiger partial charge in [-0.25, -0.2) is 0 Å². The molecule has 1 saturated heterocycles. The highest BCUT2D eigenvalue weighted by Crippen LogP contribution is 2.34. The summed E-state index contributed by atoms with van der Waals surface area (Å²) in [6.07, 6.45) is 0. The zero-order valence-corrected chi connectivity index (χ0v) is 14.6. The van der Waals surface area contributed by atoms with Gasteiger partial charge in [0, 0.05) is 10.4 Å². The fraction of sp³-hybridized carbons (Fsp3) is 0.100. The molecule has 2 atom stereocenters. The molecule has 2 N–H and O–H groups in total. The average molecular weight is 363 g/mol. The molecule has 6 heteroatoms. The van der Waals surface area contributed by atoms with Gasteiger partial charge < -0.3 is 5.32 Å². The van der Waals surface area contributed by atoms with Gasteiger partial charge in [-0.2, -0.15) is 0 Å². The van der Waals surface area contributed by atoms with Crippen LogP contribution in [-0.4, -0.2) is 17.9 Å². The number of hydrazine groups is 1. The van der Waals surface area contributed by atoms with Crippen molar-refractivity contribution in [3.63, 3.8) is 0 Å². The van der Waals surface area contributed by atoms with Gasteiger partial charge in [0.1, 0.15) is 12.1 Å². The maximum absolute atomic E-state index is 12.7. The van der Waals surface area contributed by atoms with Gasteiger partial charge in [-0.15, -0.1) is 11.3 Å². The van der Waals surface area contributed by atoms with E-state index in [1.165, 1.54) is 0 Å². The van der Waals surface area contributed by atoms with Gasteiger partial charge in [-0.3, -0.25) is 20.0 Å². The number of amides is 2. The fourth-order valence-electron chi connectivity index (χ4n) is 3.07. The lowest BCUT2D eigenvalue weighted by Gasteiger charge is -2.27. The second-order valence-electron chi connectivity index (χ2n) is 5.96. The standard InChI is InChI=1S/C20H17N3O2S/c24-19(14-8-3-1-4-9-14)21-17-18(16-12-7-13-26-16)23(22-20(17)25)15-10-5-2-6-11-15/h1-13,17-18H,(H,21,24)(H,22,25). The van der Waals surface area contributed by atoms with Crippen molar-refractivity contribution in [2.24, 2.45) is 0 Å². The molecule has 2 aromatic carbocycles. The lowest BCUT2D eigenvalue weighted by molar-refractivity contribution is -0.120. The Morgan fingerprint density at radius 2 is 1.65 bits per heavy atom. The van der Waals surface area contributed by atoms with E-state index in [1.807, 2.05) is 58.9 Å². The first-order chi connectivity index (χ1) is 12.7. The summed E-state index contributed by atoms with van der Waals surface area (Å²) in [7, 11) is 0. The van der Waals surface area contributed by atoms with E-state index < -0.39 is 6.04 Å². The van der Waals surface area contributed by atoms with Crippen molar-refractivity contribution in [2.75, 3.05) is 5.01 Å². The minimum absolute atomic E-state index is 0.225. The molecule has 1 aliphatic rings. The zero-order chi connectivity index (χ0) is 17.9. The molecule has 1 aliphatic heterocycles. The number of benzene rings is 2. The van der Waals surface area contributed by atoms with E-state index in [0.29, 0.717) is 5.56 Å². The summed E-state index contributed by atoms with van der Waals surface area (Å²) in [6, 6.07) is 21.5. The number of hydrogen-bond donors (Lipinski definition) is 2. The summed E-state index contributed by atoms with van der Waals surface area (Å²) in [5.41, 5.74) is 4.30. The van der Waals surface area contributed by atoms with E-state index in [1.54, 1.807) is 35.6 Å². The predicted molar refractivity (Wildman–Crippen MR) is 102 cm³/mol. The summed E-state index contributed by atoms with van der Waals surface area (Å²) in [6.45, 7) is 0. The van der Waals surface area contributed by atoms with E-state index in [-0.39, 0.29) is 17.9 Å². The van der Waals surface area contributed by atoms with Crippen LogP contribution >= 0.6 is 11.3 Å². The van der Waals surface area contributed by atoms with Crippen molar-refractivity contribution in [1.82, 2.24) is 10.7 Å². The number of anilines is 1. The summed E-state index contributed by atoms with van der Waals surface area (Å²) in [5.74, 6) is -0.487. The van der Waals surface area contributed by atoms with E-state index in [2.05, 4.69) is 10.7 Å². The lowest BCUT2D eigenvalue weighted by atomic mass is 10.1. The van der Waals surface area contributed by atoms with Crippen LogP contribution in [0.25, 0.3) is 0 Å². The number of hydrogen-bond acceptors (Lipinski definition) is 4. The van der Waals surface area contributed by atoms with Gasteiger partial charge in [0.05, 0.1) is 5.69 Å². The number of carbonyl (C=O) groups is 2. The van der Waals surface area contributed by atoms with Crippen molar-refractivity contribution in [3.05, 3.63) is 88.6 Å². The third kappa shape index (κ3) is 3.07. The van der Waals surface area contributed by atoms with Gasteiger partial charge >= 0.3 is 0 Å². The molecule has 0 saturated carbocycles. The van der Waals surface area contributed by atoms with Crippen LogP contribution in [-0.2, 0) is 4.79 Å². The number of nitrogens with one attached hydrogen (secondary N) is 2. The largest absolute Gasteiger partial charge is 0.338 e. The molecule has 0 aliphatic carbocycles. The van der Waals surface area contributed by atoms with Crippen LogP contribution in [0.3, 0.4) is 0 Å². The van der Waals surface area contributed by atoms with Gasteiger partial charge in [0.15, 0.2) is 0 Å². The summed E-state index contributed by atoms with van der Waals surface area (Å²) >= 11 is 1.56. The Kier molecular flexibility index (Phi) is 4.41. The third-order valence-corrected chi connectivity index (χ3v) is 5.24. The summed E-state index contributed by atoms with van der Waals surface area (Å²) in [5, 5.41) is 6.69. The normalized spacial score (nSPS) is 19.2. The highest BCUT2D eigenvalue weighted by Gasteiger charge is 2.43. The number of nitrogens with zero attached hydrogens (tertiary/aromatic N) is 1. The first-order valence-corrected chi connectivity index (χ1v) is 9.16. The maximum Gasteiger partial charge on any atom is 0.263 e. The van der Waals surface area contributed by atoms with Crippen molar-refractivity contribution in [2.45, 2.75) is 12.1 Å². The maximum atomic E-state index is 12.7. The second-order valence-corrected chi connectivity index (χ2v) is 6.94. The smallest absolute Gasteiger partial charge is 0.263 e. The first kappa shape index (κ1) is 16.4. The Morgan fingerprint density at radius 1 is 0.962 bits per heavy atom. The van der Waals surface area contributed by atoms with E-state index in [4.69, 9.17) is 0 Å². The SMILES string of the molecule is O=C(NC1C(=O)NN(c2ccccc2)C1c1cccs1)c1ccccc1. The Hall–Kier alpha value is -3.12.